The zero-order valence-corrected chi connectivity index (χ0v) is 13.6. The number of aliphatic imine (C=N–C) groups is 1. The van der Waals surface area contributed by atoms with Gasteiger partial charge in [0.05, 0.1) is 13.1 Å². The van der Waals surface area contributed by atoms with Gasteiger partial charge in [0.1, 0.15) is 0 Å². The fourth-order valence-electron chi connectivity index (χ4n) is 2.51. The van der Waals surface area contributed by atoms with E-state index in [9.17, 15) is 4.79 Å². The first-order valence-electron chi connectivity index (χ1n) is 8.09. The van der Waals surface area contributed by atoms with Crippen molar-refractivity contribution >= 4 is 17.6 Å². The van der Waals surface area contributed by atoms with Crippen molar-refractivity contribution in [2.24, 2.45) is 4.99 Å². The molecule has 1 fully saturated rings. The number of carbonyl (C=O) groups excluding carboxylic acids is 1. The average molecular weight is 312 g/mol. The van der Waals surface area contributed by atoms with E-state index in [1.165, 1.54) is 0 Å². The van der Waals surface area contributed by atoms with Crippen LogP contribution in [-0.4, -0.2) is 31.5 Å². The highest BCUT2D eigenvalue weighted by atomic mass is 16.2. The molecule has 1 aliphatic heterocycles. The summed E-state index contributed by atoms with van der Waals surface area (Å²) in [6, 6.07) is 8.03. The minimum Gasteiger partial charge on any atom is -0.357 e. The summed E-state index contributed by atoms with van der Waals surface area (Å²) >= 11 is 0. The normalized spacial score (nSPS) is 15.2. The molecule has 122 valence electrons. The Hall–Kier alpha value is -2.48. The first kappa shape index (κ1) is 16.9. The fourth-order valence-corrected chi connectivity index (χ4v) is 2.51. The molecule has 1 aromatic rings. The third-order valence-electron chi connectivity index (χ3n) is 3.69. The van der Waals surface area contributed by atoms with Crippen LogP contribution in [-0.2, 0) is 11.3 Å². The summed E-state index contributed by atoms with van der Waals surface area (Å²) in [6.07, 6.45) is 7.98. The summed E-state index contributed by atoms with van der Waals surface area (Å²) in [5.74, 6) is 3.46. The van der Waals surface area contributed by atoms with E-state index in [1.54, 1.807) is 0 Å². The number of nitrogens with zero attached hydrogens (tertiary/aromatic N) is 2. The molecule has 0 aliphatic carbocycles. The van der Waals surface area contributed by atoms with Crippen LogP contribution < -0.4 is 15.5 Å². The van der Waals surface area contributed by atoms with Crippen LogP contribution in [0.4, 0.5) is 5.69 Å². The van der Waals surface area contributed by atoms with E-state index in [4.69, 9.17) is 6.42 Å². The Morgan fingerprint density at radius 1 is 1.30 bits per heavy atom. The third-order valence-corrected chi connectivity index (χ3v) is 3.69. The number of amides is 1. The van der Waals surface area contributed by atoms with Gasteiger partial charge in [0, 0.05) is 25.2 Å². The van der Waals surface area contributed by atoms with Crippen molar-refractivity contribution in [1.82, 2.24) is 10.6 Å². The maximum Gasteiger partial charge on any atom is 0.226 e. The van der Waals surface area contributed by atoms with Gasteiger partial charge in [-0.15, -0.1) is 6.42 Å². The molecule has 1 aromatic carbocycles. The molecule has 1 saturated heterocycles. The molecule has 1 aliphatic rings. The van der Waals surface area contributed by atoms with Crippen LogP contribution in [0, 0.1) is 12.3 Å². The van der Waals surface area contributed by atoms with E-state index in [-0.39, 0.29) is 5.91 Å². The second-order valence-electron chi connectivity index (χ2n) is 5.42. The number of carbonyl (C=O) groups is 1. The Kier molecular flexibility index (Phi) is 6.49. The van der Waals surface area contributed by atoms with E-state index in [2.05, 4.69) is 21.5 Å². The zero-order valence-electron chi connectivity index (χ0n) is 13.6. The third kappa shape index (κ3) is 5.03. The van der Waals surface area contributed by atoms with Crippen LogP contribution in [0.1, 0.15) is 31.7 Å². The lowest BCUT2D eigenvalue weighted by atomic mass is 10.1. The largest absolute Gasteiger partial charge is 0.357 e. The number of anilines is 1. The first-order chi connectivity index (χ1) is 11.2. The molecule has 0 spiro atoms. The van der Waals surface area contributed by atoms with Gasteiger partial charge in [0.25, 0.3) is 0 Å². The van der Waals surface area contributed by atoms with Crippen LogP contribution >= 0.6 is 0 Å². The average Bonchev–Trinajstić information content (AvgIpc) is 2.58. The summed E-state index contributed by atoms with van der Waals surface area (Å²) in [5.41, 5.74) is 2.07. The summed E-state index contributed by atoms with van der Waals surface area (Å²) in [6.45, 7) is 4.62. The van der Waals surface area contributed by atoms with Crippen LogP contribution in [0.15, 0.2) is 29.3 Å². The van der Waals surface area contributed by atoms with E-state index < -0.39 is 0 Å². The van der Waals surface area contributed by atoms with Crippen molar-refractivity contribution in [2.75, 3.05) is 24.5 Å². The highest BCUT2D eigenvalue weighted by Crippen LogP contribution is 2.21. The molecule has 0 atom stereocenters. The highest BCUT2D eigenvalue weighted by Gasteiger charge is 2.19. The number of piperidine rings is 1. The molecule has 5 heteroatoms. The molecule has 1 heterocycles. The molecule has 2 rings (SSSR count). The Bertz CT molecular complexity index is 586. The van der Waals surface area contributed by atoms with Gasteiger partial charge in [-0.1, -0.05) is 18.1 Å². The van der Waals surface area contributed by atoms with Gasteiger partial charge in [-0.2, -0.15) is 0 Å². The number of nitrogens with one attached hydrogen (secondary N) is 2. The number of hydrogen-bond donors (Lipinski definition) is 2. The molecule has 0 saturated carbocycles. The van der Waals surface area contributed by atoms with Crippen LogP contribution in [0.5, 0.6) is 0 Å². The first-order valence-corrected chi connectivity index (χ1v) is 8.09. The van der Waals surface area contributed by atoms with Gasteiger partial charge >= 0.3 is 0 Å². The molecule has 1 amide bonds. The van der Waals surface area contributed by atoms with Crippen molar-refractivity contribution < 1.29 is 4.79 Å². The number of terminal acetylenes is 1. The molecule has 5 nitrogen and oxygen atoms in total. The summed E-state index contributed by atoms with van der Waals surface area (Å²) < 4.78 is 0. The lowest BCUT2D eigenvalue weighted by Crippen LogP contribution is -2.37. The van der Waals surface area contributed by atoms with E-state index >= 15 is 0 Å². The molecule has 0 unspecified atom stereocenters. The molecule has 0 bridgehead atoms. The lowest BCUT2D eigenvalue weighted by Gasteiger charge is -2.26. The van der Waals surface area contributed by atoms with Crippen molar-refractivity contribution in [3.05, 3.63) is 29.8 Å². The van der Waals surface area contributed by atoms with Crippen molar-refractivity contribution in [3.63, 3.8) is 0 Å². The monoisotopic (exact) mass is 312 g/mol. The lowest BCUT2D eigenvalue weighted by molar-refractivity contribution is -0.119. The maximum atomic E-state index is 11.9. The number of benzene rings is 1. The second-order valence-corrected chi connectivity index (χ2v) is 5.42. The van der Waals surface area contributed by atoms with Crippen molar-refractivity contribution in [1.29, 1.82) is 0 Å². The van der Waals surface area contributed by atoms with Gasteiger partial charge in [-0.05, 0) is 37.5 Å². The standard InChI is InChI=1S/C18H24N4O/c1-3-12-20-18(19-4-2)21-14-15-8-10-16(11-9-15)22-13-6-5-7-17(22)23/h1,8-11H,4-7,12-14H2,2H3,(H2,19,20,21). The predicted molar refractivity (Wildman–Crippen MR) is 94.3 cm³/mol. The topological polar surface area (TPSA) is 56.7 Å². The Morgan fingerprint density at radius 3 is 2.74 bits per heavy atom. The zero-order chi connectivity index (χ0) is 16.5. The summed E-state index contributed by atoms with van der Waals surface area (Å²) in [5, 5.41) is 6.21. The van der Waals surface area contributed by atoms with Crippen molar-refractivity contribution in [3.8, 4) is 12.3 Å². The summed E-state index contributed by atoms with van der Waals surface area (Å²) in [7, 11) is 0. The quantitative estimate of drug-likeness (QED) is 0.496. The highest BCUT2D eigenvalue weighted by molar-refractivity contribution is 5.93. The Balaban J connectivity index is 1.98. The number of guanidine groups is 1. The van der Waals surface area contributed by atoms with Gasteiger partial charge in [-0.3, -0.25) is 4.79 Å². The minimum absolute atomic E-state index is 0.218. The van der Waals surface area contributed by atoms with Gasteiger partial charge in [0.15, 0.2) is 5.96 Å². The molecular weight excluding hydrogens is 288 g/mol. The molecule has 23 heavy (non-hydrogen) atoms. The molecule has 2 N–H and O–H groups in total. The fraction of sp³-hybridized carbons (Fsp3) is 0.444. The van der Waals surface area contributed by atoms with Crippen LogP contribution in [0.25, 0.3) is 0 Å². The summed E-state index contributed by atoms with van der Waals surface area (Å²) in [4.78, 5) is 18.3. The number of hydrogen-bond acceptors (Lipinski definition) is 2. The number of rotatable bonds is 5. The SMILES string of the molecule is C#CCNC(=NCc1ccc(N2CCCCC2=O)cc1)NCC. The Morgan fingerprint density at radius 2 is 2.09 bits per heavy atom. The van der Waals surface area contributed by atoms with E-state index in [1.807, 2.05) is 36.1 Å². The van der Waals surface area contributed by atoms with Crippen molar-refractivity contribution in [2.45, 2.75) is 32.7 Å². The smallest absolute Gasteiger partial charge is 0.226 e. The second kappa shape index (κ2) is 8.84. The Labute approximate surface area is 138 Å². The maximum absolute atomic E-state index is 11.9. The van der Waals surface area contributed by atoms with Gasteiger partial charge in [-0.25, -0.2) is 4.99 Å². The molecule has 0 aromatic heterocycles. The van der Waals surface area contributed by atoms with Gasteiger partial charge < -0.3 is 15.5 Å². The molecule has 0 radical (unpaired) electrons. The van der Waals surface area contributed by atoms with Gasteiger partial charge in [0.2, 0.25) is 5.91 Å². The predicted octanol–water partition coefficient (Wildman–Crippen LogP) is 1.89. The van der Waals surface area contributed by atoms with E-state index in [0.717, 1.165) is 37.2 Å². The van der Waals surface area contributed by atoms with Crippen LogP contribution in [0.2, 0.25) is 0 Å². The molecular formula is C18H24N4O. The minimum atomic E-state index is 0.218. The van der Waals surface area contributed by atoms with E-state index in [0.29, 0.717) is 25.5 Å². The van der Waals surface area contributed by atoms with Crippen LogP contribution in [0.3, 0.4) is 0 Å².